The quantitative estimate of drug-likeness (QED) is 0.146. The molecule has 4 aliphatic rings. The number of likely N-dealkylation sites (tertiary alicyclic amines) is 2. The summed E-state index contributed by atoms with van der Waals surface area (Å²) in [5.74, 6) is 0.695. The van der Waals surface area contributed by atoms with Gasteiger partial charge in [-0.25, -0.2) is 4.39 Å². The molecule has 2 aromatic heterocycles. The summed E-state index contributed by atoms with van der Waals surface area (Å²) in [4.78, 5) is 22.0. The van der Waals surface area contributed by atoms with Gasteiger partial charge in [0.05, 0.1) is 19.4 Å². The number of piperidine rings is 3. The topological polar surface area (TPSA) is 119 Å². The van der Waals surface area contributed by atoms with Gasteiger partial charge in [0.1, 0.15) is 11.4 Å². The normalized spacial score (nSPS) is 23.4. The first-order valence-electron chi connectivity index (χ1n) is 22.2. The number of amides is 1. The van der Waals surface area contributed by atoms with Gasteiger partial charge < -0.3 is 35.0 Å². The number of nitrogens with one attached hydrogen (secondary N) is 1. The SMILES string of the molecule is [2H]C1C=CN(c2ccc3c(c2)c(C)cn3C2CCN(CC3(F)CCN(C(=O)c4ccc(C5CCCN(c6cc(-c7ccccc7O)nnc6N)C5)c(C)c4)CC3)CC2)[C@@H]([2H])N1. The predicted molar refractivity (Wildman–Crippen MR) is 234 cm³/mol. The summed E-state index contributed by atoms with van der Waals surface area (Å²) in [6.45, 7) is 7.34. The van der Waals surface area contributed by atoms with Gasteiger partial charge in [0, 0.05) is 119 Å². The second-order valence-corrected chi connectivity index (χ2v) is 17.0. The van der Waals surface area contributed by atoms with E-state index in [1.807, 2.05) is 52.4 Å². The van der Waals surface area contributed by atoms with E-state index in [4.69, 9.17) is 8.48 Å². The zero-order valence-electron chi connectivity index (χ0n) is 36.0. The maximum Gasteiger partial charge on any atom is 0.253 e. The Bertz CT molecular complexity index is 2440. The van der Waals surface area contributed by atoms with Crippen LogP contribution in [0.15, 0.2) is 85.2 Å². The number of para-hydroxylation sites is 1. The fraction of sp³-hybridized carbons (Fsp3) is 0.426. The summed E-state index contributed by atoms with van der Waals surface area (Å²) in [7, 11) is 0. The van der Waals surface area contributed by atoms with Crippen LogP contribution >= 0.6 is 0 Å². The number of phenolic OH excluding ortho intramolecular Hbond substituents is 1. The summed E-state index contributed by atoms with van der Waals surface area (Å²) in [5.41, 5.74) is 13.2. The van der Waals surface area contributed by atoms with Gasteiger partial charge in [-0.05, 0) is 105 Å². The molecular weight excluding hydrogens is 742 g/mol. The highest BCUT2D eigenvalue weighted by atomic mass is 19.1. The zero-order valence-corrected chi connectivity index (χ0v) is 34.0. The number of aryl methyl sites for hydroxylation is 2. The largest absolute Gasteiger partial charge is 0.507 e. The summed E-state index contributed by atoms with van der Waals surface area (Å²) in [6, 6.07) is 21.6. The lowest BCUT2D eigenvalue weighted by Gasteiger charge is -2.41. The van der Waals surface area contributed by atoms with Crippen molar-refractivity contribution in [3.05, 3.63) is 107 Å². The molecule has 0 aliphatic carbocycles. The first-order chi connectivity index (χ1) is 29.4. The number of nitrogens with zero attached hydrogens (tertiary/aromatic N) is 7. The number of carbonyl (C=O) groups is 1. The molecule has 1 amide bonds. The Kier molecular flexibility index (Phi) is 10.1. The van der Waals surface area contributed by atoms with Crippen molar-refractivity contribution in [3.63, 3.8) is 0 Å². The van der Waals surface area contributed by atoms with Gasteiger partial charge in [0.15, 0.2) is 5.82 Å². The third kappa shape index (κ3) is 8.00. The Morgan fingerprint density at radius 3 is 2.58 bits per heavy atom. The molecule has 308 valence electrons. The second-order valence-electron chi connectivity index (χ2n) is 17.0. The number of benzene rings is 3. The fourth-order valence-corrected chi connectivity index (χ4v) is 9.78. The molecule has 3 saturated heterocycles. The van der Waals surface area contributed by atoms with E-state index in [2.05, 4.69) is 68.1 Å². The molecule has 6 heterocycles. The van der Waals surface area contributed by atoms with E-state index < -0.39 is 18.8 Å². The molecule has 11 nitrogen and oxygen atoms in total. The van der Waals surface area contributed by atoms with Crippen LogP contribution in [-0.2, 0) is 0 Å². The number of aromatic hydroxyl groups is 1. The van der Waals surface area contributed by atoms with Crippen LogP contribution in [-0.4, -0.2) is 100 Å². The number of fused-ring (bicyclic) bond motifs is 1. The lowest BCUT2D eigenvalue weighted by molar-refractivity contribution is 0.0158. The molecule has 0 saturated carbocycles. The molecular formula is C47H56FN9O2. The number of carbonyl (C=O) groups excluding carboxylic acids is 1. The summed E-state index contributed by atoms with van der Waals surface area (Å²) >= 11 is 0. The van der Waals surface area contributed by atoms with E-state index in [1.165, 1.54) is 16.6 Å². The Hall–Kier alpha value is -5.46. The van der Waals surface area contributed by atoms with Crippen LogP contribution in [0.3, 0.4) is 0 Å². The molecule has 12 heteroatoms. The fourth-order valence-electron chi connectivity index (χ4n) is 9.78. The highest BCUT2D eigenvalue weighted by Crippen LogP contribution is 2.38. The van der Waals surface area contributed by atoms with Crippen molar-refractivity contribution in [3.8, 4) is 17.0 Å². The average molecular weight is 800 g/mol. The molecule has 0 bridgehead atoms. The number of nitrogens with two attached hydrogens (primary N) is 1. The second kappa shape index (κ2) is 16.3. The number of nitrogen functional groups attached to an aromatic ring is 1. The summed E-state index contributed by atoms with van der Waals surface area (Å²) in [5, 5.41) is 23.0. The first-order valence-corrected chi connectivity index (χ1v) is 21.1. The minimum atomic E-state index is -1.33. The third-order valence-corrected chi connectivity index (χ3v) is 13.1. The van der Waals surface area contributed by atoms with Gasteiger partial charge in [-0.3, -0.25) is 10.1 Å². The number of rotatable bonds is 8. The van der Waals surface area contributed by atoms with Crippen LogP contribution in [0.4, 0.5) is 21.6 Å². The highest BCUT2D eigenvalue weighted by molar-refractivity contribution is 5.94. The first kappa shape index (κ1) is 36.6. The smallest absolute Gasteiger partial charge is 0.253 e. The van der Waals surface area contributed by atoms with Gasteiger partial charge >= 0.3 is 0 Å². The van der Waals surface area contributed by atoms with Gasteiger partial charge in [0.25, 0.3) is 5.91 Å². The number of hydrogen-bond donors (Lipinski definition) is 3. The molecule has 4 N–H and O–H groups in total. The number of alkyl halides is 1. The van der Waals surface area contributed by atoms with Crippen LogP contribution in [0.1, 0.15) is 80.3 Å². The lowest BCUT2D eigenvalue weighted by Crippen LogP contribution is -2.51. The van der Waals surface area contributed by atoms with Crippen molar-refractivity contribution in [1.82, 2.24) is 29.9 Å². The molecule has 5 aromatic rings. The van der Waals surface area contributed by atoms with Gasteiger partial charge in [-0.1, -0.05) is 24.3 Å². The number of halogens is 1. The Morgan fingerprint density at radius 2 is 1.80 bits per heavy atom. The molecule has 3 atom stereocenters. The van der Waals surface area contributed by atoms with Crippen LogP contribution in [0.5, 0.6) is 5.75 Å². The van der Waals surface area contributed by atoms with Crippen molar-refractivity contribution < 1.29 is 17.0 Å². The van der Waals surface area contributed by atoms with Crippen LogP contribution in [0.2, 0.25) is 0 Å². The van der Waals surface area contributed by atoms with Crippen molar-refractivity contribution in [2.45, 2.75) is 70.0 Å². The average Bonchev–Trinajstić information content (AvgIpc) is 3.59. The Morgan fingerprint density at radius 1 is 0.983 bits per heavy atom. The zero-order chi connectivity index (χ0) is 42.4. The third-order valence-electron chi connectivity index (χ3n) is 13.1. The minimum Gasteiger partial charge on any atom is -0.507 e. The molecule has 3 fully saturated rings. The molecule has 4 aliphatic heterocycles. The van der Waals surface area contributed by atoms with E-state index in [-0.39, 0.29) is 17.6 Å². The Labute approximate surface area is 349 Å². The van der Waals surface area contributed by atoms with Gasteiger partial charge in [-0.15, -0.1) is 10.2 Å². The molecule has 59 heavy (non-hydrogen) atoms. The van der Waals surface area contributed by atoms with E-state index in [0.717, 1.165) is 74.2 Å². The minimum absolute atomic E-state index is 0.0402. The number of aromatic nitrogens is 3. The van der Waals surface area contributed by atoms with Crippen molar-refractivity contribution in [1.29, 1.82) is 0 Å². The molecule has 0 spiro atoms. The van der Waals surface area contributed by atoms with Crippen LogP contribution < -0.4 is 20.9 Å². The van der Waals surface area contributed by atoms with Crippen molar-refractivity contribution in [2.24, 2.45) is 0 Å². The maximum absolute atomic E-state index is 16.4. The molecule has 9 rings (SSSR count). The van der Waals surface area contributed by atoms with Crippen LogP contribution in [0.25, 0.3) is 22.2 Å². The van der Waals surface area contributed by atoms with Crippen molar-refractivity contribution >= 4 is 34.0 Å². The maximum atomic E-state index is 16.4. The molecule has 2 unspecified atom stereocenters. The monoisotopic (exact) mass is 799 g/mol. The van der Waals surface area contributed by atoms with Gasteiger partial charge in [0.2, 0.25) is 0 Å². The van der Waals surface area contributed by atoms with E-state index in [1.54, 1.807) is 18.2 Å². The number of hydrogen-bond acceptors (Lipinski definition) is 9. The molecule has 0 radical (unpaired) electrons. The van der Waals surface area contributed by atoms with Gasteiger partial charge in [-0.2, -0.15) is 0 Å². The lowest BCUT2D eigenvalue weighted by atomic mass is 9.86. The molecule has 3 aromatic carbocycles. The van der Waals surface area contributed by atoms with E-state index in [0.29, 0.717) is 61.2 Å². The number of anilines is 3. The van der Waals surface area contributed by atoms with E-state index >= 15 is 4.39 Å². The predicted octanol–water partition coefficient (Wildman–Crippen LogP) is 7.55. The van der Waals surface area contributed by atoms with E-state index in [9.17, 15) is 9.90 Å². The summed E-state index contributed by atoms with van der Waals surface area (Å²) in [6.07, 6.45) is 10.3. The Balaban J connectivity index is 0.782. The summed E-state index contributed by atoms with van der Waals surface area (Å²) < 4.78 is 35.1. The van der Waals surface area contributed by atoms with Crippen molar-refractivity contribution in [2.75, 3.05) is 74.5 Å². The number of phenols is 1. The highest BCUT2D eigenvalue weighted by Gasteiger charge is 2.39. The van der Waals surface area contributed by atoms with Crippen LogP contribution in [0, 0.1) is 13.8 Å². The standard InChI is InChI=1S/C47H56FN9O2/c1-32-25-34(10-12-38(32)35-7-5-19-55(29-35)43-27-41(51-52-45(43)49)39-8-3-4-9-44(39)58)46(59)54-23-16-47(48,17-24-54)30-53-21-14-36(15-22-53)57-28-33(2)40-26-37(11-13-42(40)57)56-20-6-18-50-31-56/h3-4,6,8-13,20,25-28,35-36,50,58H,5,7,14-19,21-24,29-31H2,1-2H3,(H2,49,52)/i18D,31D/t18?,31-,35?/m0/s1.